The maximum absolute atomic E-state index is 9.80. The number of rotatable bonds is 7. The van der Waals surface area contributed by atoms with Crippen LogP contribution >= 0.6 is 38.5 Å². The molecule has 0 aliphatic heterocycles. The summed E-state index contributed by atoms with van der Waals surface area (Å²) in [5.74, 6) is 0.745. The summed E-state index contributed by atoms with van der Waals surface area (Å²) in [6.45, 7) is 1.71. The number of halogens is 2. The van der Waals surface area contributed by atoms with Gasteiger partial charge < -0.3 is 15.2 Å². The lowest BCUT2D eigenvalue weighted by Gasteiger charge is -2.14. The van der Waals surface area contributed by atoms with Gasteiger partial charge in [0.15, 0.2) is 0 Å². The van der Waals surface area contributed by atoms with Gasteiger partial charge in [-0.05, 0) is 75.5 Å². The average Bonchev–Trinajstić information content (AvgIpc) is 3.14. The molecule has 0 saturated heterocycles. The van der Waals surface area contributed by atoms with E-state index in [1.807, 2.05) is 18.2 Å². The van der Waals surface area contributed by atoms with Crippen molar-refractivity contribution in [3.63, 3.8) is 0 Å². The maximum atomic E-state index is 9.80. The average molecular weight is 426 g/mol. The summed E-state index contributed by atoms with van der Waals surface area (Å²) in [4.78, 5) is 0. The molecule has 3 nitrogen and oxygen atoms in total. The third-order valence-electron chi connectivity index (χ3n) is 2.82. The summed E-state index contributed by atoms with van der Waals surface area (Å²) in [6.07, 6.45) is 2.10. The van der Waals surface area contributed by atoms with Gasteiger partial charge >= 0.3 is 0 Å². The number of benzene rings is 1. The highest BCUT2D eigenvalue weighted by atomic mass is 127. The molecule has 18 heavy (non-hydrogen) atoms. The predicted molar refractivity (Wildman–Crippen MR) is 84.9 cm³/mol. The number of ether oxygens (including phenoxy) is 1. The van der Waals surface area contributed by atoms with Crippen LogP contribution in [0.15, 0.2) is 22.7 Å². The molecule has 0 spiro atoms. The number of aliphatic hydroxyl groups excluding tert-OH is 1. The fraction of sp³-hybridized carbons (Fsp3) is 0.538. The molecular weight excluding hydrogens is 409 g/mol. The van der Waals surface area contributed by atoms with E-state index in [9.17, 15) is 5.11 Å². The van der Waals surface area contributed by atoms with Gasteiger partial charge in [-0.2, -0.15) is 0 Å². The number of anilines is 1. The minimum atomic E-state index is -0.464. The molecule has 1 saturated carbocycles. The third kappa shape index (κ3) is 5.03. The van der Waals surface area contributed by atoms with E-state index < -0.39 is 6.10 Å². The minimum absolute atomic E-state index is 0.408. The molecule has 0 amide bonds. The van der Waals surface area contributed by atoms with Gasteiger partial charge in [-0.15, -0.1) is 0 Å². The smallest absolute Gasteiger partial charge is 0.0945 e. The lowest BCUT2D eigenvalue weighted by molar-refractivity contribution is 0.0386. The zero-order valence-electron chi connectivity index (χ0n) is 10.0. The van der Waals surface area contributed by atoms with Crippen molar-refractivity contribution in [2.75, 3.05) is 25.1 Å². The van der Waals surface area contributed by atoms with Crippen molar-refractivity contribution in [3.8, 4) is 0 Å². The minimum Gasteiger partial charge on any atom is -0.389 e. The van der Waals surface area contributed by atoms with Crippen LogP contribution in [-0.2, 0) is 4.74 Å². The van der Waals surface area contributed by atoms with Crippen LogP contribution in [0.3, 0.4) is 0 Å². The van der Waals surface area contributed by atoms with Crippen molar-refractivity contribution in [1.82, 2.24) is 0 Å². The highest BCUT2D eigenvalue weighted by Crippen LogP contribution is 2.28. The summed E-state index contributed by atoms with van der Waals surface area (Å²) >= 11 is 5.75. The lowest BCUT2D eigenvalue weighted by atomic mass is 10.3. The van der Waals surface area contributed by atoms with Crippen LogP contribution < -0.4 is 5.32 Å². The molecule has 0 aromatic heterocycles. The second-order valence-electron chi connectivity index (χ2n) is 4.64. The van der Waals surface area contributed by atoms with Gasteiger partial charge in [0, 0.05) is 26.9 Å². The Morgan fingerprint density at radius 1 is 1.50 bits per heavy atom. The SMILES string of the molecule is OC(CNc1cc(I)ccc1Br)COCC1CC1. The molecule has 1 aliphatic rings. The molecule has 0 heterocycles. The Kier molecular flexibility index (Phi) is 5.72. The van der Waals surface area contributed by atoms with Crippen molar-refractivity contribution < 1.29 is 9.84 Å². The normalized spacial score (nSPS) is 16.6. The molecule has 2 rings (SSSR count). The first-order valence-corrected chi connectivity index (χ1v) is 7.97. The van der Waals surface area contributed by atoms with E-state index in [0.717, 1.165) is 26.3 Å². The molecule has 1 aromatic carbocycles. The number of aliphatic hydroxyl groups is 1. The van der Waals surface area contributed by atoms with Crippen molar-refractivity contribution in [3.05, 3.63) is 26.2 Å². The molecule has 2 N–H and O–H groups in total. The van der Waals surface area contributed by atoms with Gasteiger partial charge in [0.1, 0.15) is 0 Å². The number of nitrogens with one attached hydrogen (secondary N) is 1. The van der Waals surface area contributed by atoms with Gasteiger partial charge in [0.2, 0.25) is 0 Å². The second kappa shape index (κ2) is 7.07. The Bertz CT molecular complexity index is 399. The van der Waals surface area contributed by atoms with E-state index in [0.29, 0.717) is 13.2 Å². The van der Waals surface area contributed by atoms with Gasteiger partial charge in [0.25, 0.3) is 0 Å². The first kappa shape index (κ1) is 14.6. The van der Waals surface area contributed by atoms with Gasteiger partial charge in [-0.3, -0.25) is 0 Å². The van der Waals surface area contributed by atoms with E-state index in [2.05, 4.69) is 43.8 Å². The van der Waals surface area contributed by atoms with E-state index >= 15 is 0 Å². The molecule has 100 valence electrons. The van der Waals surface area contributed by atoms with Gasteiger partial charge in [0.05, 0.1) is 12.7 Å². The maximum Gasteiger partial charge on any atom is 0.0945 e. The Morgan fingerprint density at radius 2 is 2.28 bits per heavy atom. The van der Waals surface area contributed by atoms with Crippen LogP contribution in [0.25, 0.3) is 0 Å². The van der Waals surface area contributed by atoms with Gasteiger partial charge in [-0.25, -0.2) is 0 Å². The molecule has 1 atom stereocenters. The zero-order chi connectivity index (χ0) is 13.0. The van der Waals surface area contributed by atoms with Crippen molar-refractivity contribution in [1.29, 1.82) is 0 Å². The highest BCUT2D eigenvalue weighted by Gasteiger charge is 2.21. The van der Waals surface area contributed by atoms with Crippen molar-refractivity contribution in [2.45, 2.75) is 18.9 Å². The van der Waals surface area contributed by atoms with Crippen LogP contribution in [0, 0.1) is 9.49 Å². The standard InChI is InChI=1S/C13H17BrINO2/c14-12-4-3-10(15)5-13(12)16-6-11(17)8-18-7-9-1-2-9/h3-5,9,11,16-17H,1-2,6-8H2. The Hall–Kier alpha value is 0.150. The van der Waals surface area contributed by atoms with E-state index in [1.165, 1.54) is 12.8 Å². The topological polar surface area (TPSA) is 41.5 Å². The number of hydrogen-bond donors (Lipinski definition) is 2. The van der Waals surface area contributed by atoms with Crippen LogP contribution in [0.2, 0.25) is 0 Å². The van der Waals surface area contributed by atoms with Crippen molar-refractivity contribution in [2.24, 2.45) is 5.92 Å². The van der Waals surface area contributed by atoms with E-state index in [4.69, 9.17) is 4.74 Å². The molecule has 1 aliphatic carbocycles. The molecule has 1 aromatic rings. The quantitative estimate of drug-likeness (QED) is 0.659. The molecular formula is C13H17BrINO2. The first-order valence-electron chi connectivity index (χ1n) is 6.10. The Morgan fingerprint density at radius 3 is 3.00 bits per heavy atom. The largest absolute Gasteiger partial charge is 0.389 e. The second-order valence-corrected chi connectivity index (χ2v) is 6.74. The van der Waals surface area contributed by atoms with Crippen LogP contribution in [0.5, 0.6) is 0 Å². The Balaban J connectivity index is 1.70. The third-order valence-corrected chi connectivity index (χ3v) is 4.18. The van der Waals surface area contributed by atoms with E-state index in [1.54, 1.807) is 0 Å². The fourth-order valence-corrected chi connectivity index (χ4v) is 2.45. The molecule has 0 bridgehead atoms. The molecule has 1 fully saturated rings. The summed E-state index contributed by atoms with van der Waals surface area (Å²) in [6, 6.07) is 6.08. The predicted octanol–water partition coefficient (Wildman–Crippen LogP) is 3.25. The molecule has 0 radical (unpaired) electrons. The summed E-state index contributed by atoms with van der Waals surface area (Å²) < 4.78 is 7.63. The lowest BCUT2D eigenvalue weighted by Crippen LogP contribution is -2.25. The van der Waals surface area contributed by atoms with E-state index in [-0.39, 0.29) is 0 Å². The Labute approximate surface area is 130 Å². The van der Waals surface area contributed by atoms with Crippen LogP contribution in [0.4, 0.5) is 5.69 Å². The monoisotopic (exact) mass is 425 g/mol. The molecule has 1 unspecified atom stereocenters. The highest BCUT2D eigenvalue weighted by molar-refractivity contribution is 14.1. The van der Waals surface area contributed by atoms with Crippen LogP contribution in [-0.4, -0.2) is 31.0 Å². The zero-order valence-corrected chi connectivity index (χ0v) is 13.8. The first-order chi connectivity index (χ1) is 8.65. The summed E-state index contributed by atoms with van der Waals surface area (Å²) in [5, 5.41) is 13.0. The van der Waals surface area contributed by atoms with Gasteiger partial charge in [-0.1, -0.05) is 0 Å². The fourth-order valence-electron chi connectivity index (χ4n) is 1.57. The molecule has 5 heteroatoms. The summed E-state index contributed by atoms with van der Waals surface area (Å²) in [7, 11) is 0. The summed E-state index contributed by atoms with van der Waals surface area (Å²) in [5.41, 5.74) is 1.00. The van der Waals surface area contributed by atoms with Crippen molar-refractivity contribution >= 4 is 44.2 Å². The van der Waals surface area contributed by atoms with Crippen LogP contribution in [0.1, 0.15) is 12.8 Å². The number of hydrogen-bond acceptors (Lipinski definition) is 3.